The normalized spacial score (nSPS) is 15.1. The van der Waals surface area contributed by atoms with Crippen LogP contribution in [0.5, 0.6) is 0 Å². The second kappa shape index (κ2) is 6.41. The van der Waals surface area contributed by atoms with Gasteiger partial charge in [0, 0.05) is 12.6 Å². The molecule has 0 saturated heterocycles. The standard InChI is InChI=1S/C15H20N2O3/c1-2-17(11-7-3-4-8-11)15(20)16-13-10-6-5-9-12(13)14(18)19/h5-6,9-11H,2-4,7-8H2,1H3,(H,16,20)(H,18,19). The molecule has 1 aliphatic carbocycles. The number of hydrogen-bond acceptors (Lipinski definition) is 2. The van der Waals surface area contributed by atoms with E-state index in [1.807, 2.05) is 6.92 Å². The maximum Gasteiger partial charge on any atom is 0.337 e. The van der Waals surface area contributed by atoms with Gasteiger partial charge in [-0.05, 0) is 31.9 Å². The Morgan fingerprint density at radius 3 is 2.55 bits per heavy atom. The van der Waals surface area contributed by atoms with E-state index in [-0.39, 0.29) is 17.6 Å². The molecule has 0 unspecified atom stereocenters. The van der Waals surface area contributed by atoms with Crippen molar-refractivity contribution in [1.82, 2.24) is 4.90 Å². The van der Waals surface area contributed by atoms with E-state index in [1.165, 1.54) is 6.07 Å². The van der Waals surface area contributed by atoms with E-state index in [0.717, 1.165) is 25.7 Å². The molecule has 1 saturated carbocycles. The summed E-state index contributed by atoms with van der Waals surface area (Å²) in [6.07, 6.45) is 4.37. The summed E-state index contributed by atoms with van der Waals surface area (Å²) >= 11 is 0. The summed E-state index contributed by atoms with van der Waals surface area (Å²) in [7, 11) is 0. The second-order valence-electron chi connectivity index (χ2n) is 5.01. The summed E-state index contributed by atoms with van der Waals surface area (Å²) in [4.78, 5) is 25.3. The monoisotopic (exact) mass is 276 g/mol. The van der Waals surface area contributed by atoms with Crippen LogP contribution in [0.3, 0.4) is 0 Å². The third kappa shape index (κ3) is 3.10. The number of carboxylic acids is 1. The van der Waals surface area contributed by atoms with Gasteiger partial charge in [0.15, 0.2) is 0 Å². The van der Waals surface area contributed by atoms with Crippen molar-refractivity contribution in [1.29, 1.82) is 0 Å². The van der Waals surface area contributed by atoms with Crippen LogP contribution in [0, 0.1) is 0 Å². The highest BCUT2D eigenvalue weighted by Gasteiger charge is 2.26. The molecule has 5 nitrogen and oxygen atoms in total. The number of rotatable bonds is 4. The molecule has 0 heterocycles. The Morgan fingerprint density at radius 1 is 1.30 bits per heavy atom. The fourth-order valence-electron chi connectivity index (χ4n) is 2.75. The van der Waals surface area contributed by atoms with Gasteiger partial charge in [-0.25, -0.2) is 9.59 Å². The van der Waals surface area contributed by atoms with Crippen molar-refractivity contribution in [3.05, 3.63) is 29.8 Å². The molecular weight excluding hydrogens is 256 g/mol. The van der Waals surface area contributed by atoms with Gasteiger partial charge in [0.25, 0.3) is 0 Å². The van der Waals surface area contributed by atoms with Crippen molar-refractivity contribution >= 4 is 17.7 Å². The Morgan fingerprint density at radius 2 is 1.95 bits per heavy atom. The van der Waals surface area contributed by atoms with E-state index in [2.05, 4.69) is 5.32 Å². The Bertz CT molecular complexity index is 496. The molecule has 1 aromatic rings. The molecular formula is C15H20N2O3. The van der Waals surface area contributed by atoms with Gasteiger partial charge in [-0.3, -0.25) is 0 Å². The van der Waals surface area contributed by atoms with E-state index in [9.17, 15) is 9.59 Å². The molecule has 5 heteroatoms. The Kier molecular flexibility index (Phi) is 4.61. The van der Waals surface area contributed by atoms with E-state index in [4.69, 9.17) is 5.11 Å². The van der Waals surface area contributed by atoms with E-state index < -0.39 is 5.97 Å². The van der Waals surface area contributed by atoms with Crippen LogP contribution in [0.4, 0.5) is 10.5 Å². The minimum absolute atomic E-state index is 0.114. The molecule has 20 heavy (non-hydrogen) atoms. The molecule has 0 radical (unpaired) electrons. The fourth-order valence-corrected chi connectivity index (χ4v) is 2.75. The summed E-state index contributed by atoms with van der Waals surface area (Å²) in [6, 6.07) is 6.53. The molecule has 1 aliphatic rings. The third-order valence-corrected chi connectivity index (χ3v) is 3.77. The van der Waals surface area contributed by atoms with Gasteiger partial charge in [0.2, 0.25) is 0 Å². The maximum absolute atomic E-state index is 12.3. The number of para-hydroxylation sites is 1. The number of anilines is 1. The minimum Gasteiger partial charge on any atom is -0.478 e. The van der Waals surface area contributed by atoms with Crippen LogP contribution in [0.25, 0.3) is 0 Å². The maximum atomic E-state index is 12.3. The van der Waals surface area contributed by atoms with Crippen LogP contribution in [0.15, 0.2) is 24.3 Å². The molecule has 0 aromatic heterocycles. The topological polar surface area (TPSA) is 69.6 Å². The van der Waals surface area contributed by atoms with Gasteiger partial charge in [0.1, 0.15) is 0 Å². The lowest BCUT2D eigenvalue weighted by atomic mass is 10.2. The van der Waals surface area contributed by atoms with Crippen LogP contribution < -0.4 is 5.32 Å². The number of nitrogens with zero attached hydrogens (tertiary/aromatic N) is 1. The first-order chi connectivity index (χ1) is 9.63. The summed E-state index contributed by atoms with van der Waals surface area (Å²) in [6.45, 7) is 2.58. The molecule has 2 amide bonds. The van der Waals surface area contributed by atoms with Crippen molar-refractivity contribution in [2.75, 3.05) is 11.9 Å². The zero-order chi connectivity index (χ0) is 14.5. The predicted molar refractivity (Wildman–Crippen MR) is 77.1 cm³/mol. The quantitative estimate of drug-likeness (QED) is 0.887. The number of aromatic carboxylic acids is 1. The van der Waals surface area contributed by atoms with Crippen molar-refractivity contribution in [3.8, 4) is 0 Å². The summed E-state index contributed by atoms with van der Waals surface area (Å²) in [5.41, 5.74) is 0.463. The zero-order valence-electron chi connectivity index (χ0n) is 11.6. The molecule has 1 aromatic carbocycles. The average Bonchev–Trinajstić information content (AvgIpc) is 2.94. The van der Waals surface area contributed by atoms with Gasteiger partial charge in [-0.15, -0.1) is 0 Å². The molecule has 0 spiro atoms. The first-order valence-corrected chi connectivity index (χ1v) is 7.03. The average molecular weight is 276 g/mol. The highest BCUT2D eigenvalue weighted by Crippen LogP contribution is 2.24. The van der Waals surface area contributed by atoms with Crippen molar-refractivity contribution in [2.45, 2.75) is 38.6 Å². The summed E-state index contributed by atoms with van der Waals surface area (Å²) in [5, 5.41) is 11.8. The highest BCUT2D eigenvalue weighted by molar-refractivity contribution is 6.00. The number of carbonyl (C=O) groups is 2. The zero-order valence-corrected chi connectivity index (χ0v) is 11.6. The van der Waals surface area contributed by atoms with Gasteiger partial charge < -0.3 is 15.3 Å². The molecule has 0 bridgehead atoms. The van der Waals surface area contributed by atoms with Crippen molar-refractivity contribution < 1.29 is 14.7 Å². The summed E-state index contributed by atoms with van der Waals surface area (Å²) in [5.74, 6) is -1.04. The smallest absolute Gasteiger partial charge is 0.337 e. The van der Waals surface area contributed by atoms with Crippen LogP contribution in [-0.2, 0) is 0 Å². The molecule has 0 atom stereocenters. The fraction of sp³-hybridized carbons (Fsp3) is 0.467. The van der Waals surface area contributed by atoms with E-state index in [1.54, 1.807) is 23.1 Å². The minimum atomic E-state index is -1.04. The van der Waals surface area contributed by atoms with Crippen molar-refractivity contribution in [2.24, 2.45) is 0 Å². The number of benzene rings is 1. The number of hydrogen-bond donors (Lipinski definition) is 2. The van der Waals surface area contributed by atoms with Gasteiger partial charge >= 0.3 is 12.0 Å². The largest absolute Gasteiger partial charge is 0.478 e. The van der Waals surface area contributed by atoms with Crippen molar-refractivity contribution in [3.63, 3.8) is 0 Å². The number of carbonyl (C=O) groups excluding carboxylic acids is 1. The first kappa shape index (κ1) is 14.4. The molecule has 2 N–H and O–H groups in total. The van der Waals surface area contributed by atoms with Crippen LogP contribution in [0.2, 0.25) is 0 Å². The van der Waals surface area contributed by atoms with E-state index >= 15 is 0 Å². The van der Waals surface area contributed by atoms with Crippen LogP contribution >= 0.6 is 0 Å². The van der Waals surface area contributed by atoms with E-state index in [0.29, 0.717) is 12.2 Å². The van der Waals surface area contributed by atoms with Gasteiger partial charge in [-0.2, -0.15) is 0 Å². The molecule has 108 valence electrons. The van der Waals surface area contributed by atoms with Gasteiger partial charge in [0.05, 0.1) is 11.3 Å². The lowest BCUT2D eigenvalue weighted by molar-refractivity contribution is 0.0698. The Balaban J connectivity index is 2.12. The predicted octanol–water partition coefficient (Wildman–Crippen LogP) is 3.18. The molecule has 1 fully saturated rings. The SMILES string of the molecule is CCN(C(=O)Nc1ccccc1C(=O)O)C1CCCC1. The number of urea groups is 1. The number of nitrogens with one attached hydrogen (secondary N) is 1. The third-order valence-electron chi connectivity index (χ3n) is 3.77. The molecule has 2 rings (SSSR count). The highest BCUT2D eigenvalue weighted by atomic mass is 16.4. The lowest BCUT2D eigenvalue weighted by Gasteiger charge is -2.28. The first-order valence-electron chi connectivity index (χ1n) is 7.03. The summed E-state index contributed by atoms with van der Waals surface area (Å²) < 4.78 is 0. The lowest BCUT2D eigenvalue weighted by Crippen LogP contribution is -2.41. The van der Waals surface area contributed by atoms with Crippen LogP contribution in [-0.4, -0.2) is 34.6 Å². The van der Waals surface area contributed by atoms with Gasteiger partial charge in [-0.1, -0.05) is 25.0 Å². The Labute approximate surface area is 118 Å². The number of carboxylic acid groups (broad SMARTS) is 1. The second-order valence-corrected chi connectivity index (χ2v) is 5.01. The Hall–Kier alpha value is -2.04. The van der Waals surface area contributed by atoms with Crippen LogP contribution in [0.1, 0.15) is 43.0 Å². The number of amides is 2. The molecule has 0 aliphatic heterocycles.